The first-order valence-electron chi connectivity index (χ1n) is 11.2. The maximum Gasteiger partial charge on any atom is 0.266 e. The molecule has 5 aromatic rings. The van der Waals surface area contributed by atoms with Crippen molar-refractivity contribution in [2.75, 3.05) is 18.6 Å². The van der Waals surface area contributed by atoms with Gasteiger partial charge in [-0.25, -0.2) is 15.0 Å². The van der Waals surface area contributed by atoms with Gasteiger partial charge in [0.1, 0.15) is 23.3 Å². The molecule has 3 aromatic heterocycles. The minimum Gasteiger partial charge on any atom is -0.481 e. The van der Waals surface area contributed by atoms with Gasteiger partial charge >= 0.3 is 0 Å². The monoisotopic (exact) mass is 493 g/mol. The molecule has 11 heteroatoms. The highest BCUT2D eigenvalue weighted by Gasteiger charge is 2.17. The van der Waals surface area contributed by atoms with Gasteiger partial charge in [-0.3, -0.25) is 9.36 Å². The van der Waals surface area contributed by atoms with Crippen molar-refractivity contribution >= 4 is 22.7 Å². The first-order valence-corrected chi connectivity index (χ1v) is 11.2. The van der Waals surface area contributed by atoms with Gasteiger partial charge in [-0.2, -0.15) is 15.2 Å². The van der Waals surface area contributed by atoms with Crippen molar-refractivity contribution in [1.82, 2.24) is 29.5 Å². The smallest absolute Gasteiger partial charge is 0.266 e. The lowest BCUT2D eigenvalue weighted by Gasteiger charge is -2.14. The summed E-state index contributed by atoms with van der Waals surface area (Å²) in [5.41, 5.74) is 12.6. The zero-order valence-electron chi connectivity index (χ0n) is 20.2. The number of hydrogen-bond donors (Lipinski definition) is 2. The molecule has 0 aliphatic rings. The molecular weight excluding hydrogens is 470 g/mol. The van der Waals surface area contributed by atoms with E-state index in [1.54, 1.807) is 23.9 Å². The fraction of sp³-hybridized carbons (Fsp3) is 0.115. The van der Waals surface area contributed by atoms with Crippen LogP contribution < -0.4 is 21.8 Å². The summed E-state index contributed by atoms with van der Waals surface area (Å²) < 4.78 is 6.86. The molecule has 0 spiro atoms. The highest BCUT2D eigenvalue weighted by molar-refractivity contribution is 5.92. The van der Waals surface area contributed by atoms with Crippen molar-refractivity contribution in [2.45, 2.75) is 13.3 Å². The summed E-state index contributed by atoms with van der Waals surface area (Å²) in [4.78, 5) is 34.1. The van der Waals surface area contributed by atoms with E-state index in [0.717, 1.165) is 5.69 Å². The van der Waals surface area contributed by atoms with Crippen LogP contribution in [0.3, 0.4) is 0 Å². The van der Waals surface area contributed by atoms with E-state index in [0.29, 0.717) is 40.4 Å². The van der Waals surface area contributed by atoms with Crippen LogP contribution in [-0.2, 0) is 6.42 Å². The summed E-state index contributed by atoms with van der Waals surface area (Å²) in [6, 6.07) is 18.6. The molecule has 11 nitrogen and oxygen atoms in total. The fourth-order valence-corrected chi connectivity index (χ4v) is 3.62. The lowest BCUT2D eigenvalue weighted by atomic mass is 10.1. The number of benzene rings is 2. The zero-order valence-corrected chi connectivity index (χ0v) is 20.2. The van der Waals surface area contributed by atoms with Crippen LogP contribution in [0.1, 0.15) is 18.3 Å². The predicted molar refractivity (Wildman–Crippen MR) is 140 cm³/mol. The molecular formula is C26H23N9O2. The van der Waals surface area contributed by atoms with Crippen molar-refractivity contribution in [3.8, 4) is 29.0 Å². The van der Waals surface area contributed by atoms with Crippen molar-refractivity contribution in [3.05, 3.63) is 88.7 Å². The molecule has 0 unspecified atom stereocenters. The van der Waals surface area contributed by atoms with Gasteiger partial charge in [-0.15, -0.1) is 0 Å². The third kappa shape index (κ3) is 5.18. The molecule has 3 heterocycles. The van der Waals surface area contributed by atoms with Gasteiger partial charge in [0.15, 0.2) is 5.82 Å². The average Bonchev–Trinajstić information content (AvgIpc) is 2.93. The van der Waals surface area contributed by atoms with Crippen molar-refractivity contribution in [3.63, 3.8) is 0 Å². The lowest BCUT2D eigenvalue weighted by molar-refractivity contribution is 0.397. The van der Waals surface area contributed by atoms with Crippen LogP contribution in [0.5, 0.6) is 5.88 Å². The molecule has 0 fully saturated rings. The molecule has 37 heavy (non-hydrogen) atoms. The number of nitrogens with zero attached hydrogens (tertiary/aromatic N) is 7. The Morgan fingerprint density at radius 1 is 1.00 bits per heavy atom. The molecule has 5 rings (SSSR count). The first-order chi connectivity index (χ1) is 18.0. The van der Waals surface area contributed by atoms with Gasteiger partial charge in [0.25, 0.3) is 5.56 Å². The molecule has 184 valence electrons. The number of fused-ring (bicyclic) bond motifs is 1. The van der Waals surface area contributed by atoms with E-state index in [-0.39, 0.29) is 22.9 Å². The number of para-hydroxylation sites is 1. The van der Waals surface area contributed by atoms with Gasteiger partial charge in [0.05, 0.1) is 29.9 Å². The topological polar surface area (TPSA) is 172 Å². The van der Waals surface area contributed by atoms with E-state index in [4.69, 9.17) is 26.5 Å². The van der Waals surface area contributed by atoms with Crippen LogP contribution >= 0.6 is 0 Å². The van der Waals surface area contributed by atoms with Crippen molar-refractivity contribution in [1.29, 1.82) is 5.26 Å². The van der Waals surface area contributed by atoms with Gasteiger partial charge in [0, 0.05) is 24.2 Å². The van der Waals surface area contributed by atoms with Crippen LogP contribution in [0.4, 0.5) is 11.8 Å². The minimum absolute atomic E-state index is 0.0801. The Morgan fingerprint density at radius 3 is 2.46 bits per heavy atom. The summed E-state index contributed by atoms with van der Waals surface area (Å²) >= 11 is 0. The maximum atomic E-state index is 13.5. The Kier molecular flexibility index (Phi) is 7.30. The molecule has 0 radical (unpaired) electrons. The third-order valence-corrected chi connectivity index (χ3v) is 5.34. The summed E-state index contributed by atoms with van der Waals surface area (Å²) in [7, 11) is 1.55. The normalized spacial score (nSPS) is 10.3. The van der Waals surface area contributed by atoms with Gasteiger partial charge in [-0.1, -0.05) is 37.3 Å². The molecule has 0 aliphatic carbocycles. The second-order valence-electron chi connectivity index (χ2n) is 7.62. The highest BCUT2D eigenvalue weighted by Crippen LogP contribution is 2.25. The molecule has 0 saturated heterocycles. The zero-order chi connectivity index (χ0) is 26.4. The molecule has 0 aliphatic heterocycles. The molecule has 0 saturated carbocycles. The number of aryl methyl sites for hydroxylation is 1. The number of nitriles is 1. The van der Waals surface area contributed by atoms with Crippen LogP contribution in [0.2, 0.25) is 0 Å². The summed E-state index contributed by atoms with van der Waals surface area (Å²) in [6.45, 7) is 1.99. The Labute approximate surface area is 212 Å². The quantitative estimate of drug-likeness (QED) is 0.379. The average molecular weight is 494 g/mol. The number of rotatable bonds is 4. The number of ether oxygens (including phenoxy) is 1. The predicted octanol–water partition coefficient (Wildman–Crippen LogP) is 2.93. The highest BCUT2D eigenvalue weighted by atomic mass is 16.5. The molecule has 0 amide bonds. The van der Waals surface area contributed by atoms with Gasteiger partial charge in [-0.05, 0) is 18.2 Å². The summed E-state index contributed by atoms with van der Waals surface area (Å²) in [6.07, 6.45) is 3.54. The molecule has 0 bridgehead atoms. The number of aromatic nitrogens is 6. The van der Waals surface area contributed by atoms with Crippen LogP contribution in [0.15, 0.2) is 71.8 Å². The molecule has 2 aromatic carbocycles. The number of nitrogens with two attached hydrogens (primary N) is 2. The van der Waals surface area contributed by atoms with Crippen LogP contribution in [-0.4, -0.2) is 36.6 Å². The van der Waals surface area contributed by atoms with E-state index < -0.39 is 0 Å². The Balaban J connectivity index is 0.000000270. The van der Waals surface area contributed by atoms with Crippen molar-refractivity contribution in [2.24, 2.45) is 0 Å². The van der Waals surface area contributed by atoms with Gasteiger partial charge in [0.2, 0.25) is 11.8 Å². The second kappa shape index (κ2) is 10.9. The summed E-state index contributed by atoms with van der Waals surface area (Å²) in [5, 5.41) is 8.85. The van der Waals surface area contributed by atoms with E-state index >= 15 is 0 Å². The number of methoxy groups -OCH3 is 1. The van der Waals surface area contributed by atoms with Crippen LogP contribution in [0.25, 0.3) is 28.0 Å². The van der Waals surface area contributed by atoms with Crippen LogP contribution in [0, 0.1) is 11.3 Å². The first kappa shape index (κ1) is 24.7. The van der Waals surface area contributed by atoms with Gasteiger partial charge < -0.3 is 16.2 Å². The minimum atomic E-state index is -0.134. The fourth-order valence-electron chi connectivity index (χ4n) is 3.62. The molecule has 4 N–H and O–H groups in total. The van der Waals surface area contributed by atoms with E-state index in [1.807, 2.05) is 61.5 Å². The standard InChI is InChI=1S/C21H18N4O2.C5H5N5/c1-3-17-23-16-11-7-10-15(20-22-13-12-18(24-20)27-2)19(16)21(26)25(17)14-8-5-4-6-9-14;6-1-3-2-9-5(8)10-4(3)7/h4-13H,3H2,1-2H3;2H,(H4,7,8,9,10). The lowest BCUT2D eigenvalue weighted by Crippen LogP contribution is -2.24. The number of anilines is 2. The number of hydrogen-bond acceptors (Lipinski definition) is 10. The van der Waals surface area contributed by atoms with E-state index in [9.17, 15) is 4.79 Å². The Bertz CT molecular complexity index is 1660. The number of nitrogen functional groups attached to an aromatic ring is 2. The van der Waals surface area contributed by atoms with E-state index in [2.05, 4.69) is 19.9 Å². The Morgan fingerprint density at radius 2 is 1.78 bits per heavy atom. The van der Waals surface area contributed by atoms with Crippen molar-refractivity contribution < 1.29 is 4.74 Å². The molecule has 0 atom stereocenters. The maximum absolute atomic E-state index is 13.5. The SMILES string of the molecule is CCc1nc2cccc(-c3nccc(OC)n3)c2c(=O)n1-c1ccccc1.N#Cc1cnc(N)nc1N. The Hall–Kier alpha value is -5.37. The largest absolute Gasteiger partial charge is 0.481 e. The van der Waals surface area contributed by atoms with E-state index in [1.165, 1.54) is 6.20 Å². The third-order valence-electron chi connectivity index (χ3n) is 5.34. The summed E-state index contributed by atoms with van der Waals surface area (Å²) in [5.74, 6) is 1.79. The second-order valence-corrected chi connectivity index (χ2v) is 7.62.